The van der Waals surface area contributed by atoms with E-state index in [1.807, 2.05) is 13.0 Å². The molecule has 0 saturated carbocycles. The predicted molar refractivity (Wildman–Crippen MR) is 89.8 cm³/mol. The lowest BCUT2D eigenvalue weighted by atomic mass is 10.0. The maximum absolute atomic E-state index is 6.20. The van der Waals surface area contributed by atoms with Crippen LogP contribution in [0.5, 0.6) is 5.75 Å². The number of aryl methyl sites for hydroxylation is 1. The van der Waals surface area contributed by atoms with Crippen molar-refractivity contribution in [3.05, 3.63) is 28.3 Å². The Kier molecular flexibility index (Phi) is 8.74. The second-order valence-corrected chi connectivity index (χ2v) is 6.00. The zero-order chi connectivity index (χ0) is 15.7. The van der Waals surface area contributed by atoms with Crippen molar-refractivity contribution in [2.75, 3.05) is 33.4 Å². The molecule has 4 heteroatoms. The molecule has 1 N–H and O–H groups in total. The van der Waals surface area contributed by atoms with E-state index >= 15 is 0 Å². The minimum Gasteiger partial charge on any atom is -0.493 e. The number of hydrogen-bond donors (Lipinski definition) is 1. The molecule has 0 aliphatic rings. The Labute approximate surface area is 134 Å². The quantitative estimate of drug-likeness (QED) is 0.658. The van der Waals surface area contributed by atoms with Crippen LogP contribution >= 0.6 is 11.6 Å². The number of benzene rings is 1. The number of halogens is 1. The summed E-state index contributed by atoms with van der Waals surface area (Å²) in [6.45, 7) is 9.75. The van der Waals surface area contributed by atoms with Crippen LogP contribution in [-0.2, 0) is 4.74 Å². The fourth-order valence-electron chi connectivity index (χ4n) is 2.08. The van der Waals surface area contributed by atoms with Crippen LogP contribution in [0.3, 0.4) is 0 Å². The first-order chi connectivity index (χ1) is 10.1. The van der Waals surface area contributed by atoms with Crippen molar-refractivity contribution in [2.24, 2.45) is 0 Å². The number of hydrogen-bond acceptors (Lipinski definition) is 3. The second-order valence-electron chi connectivity index (χ2n) is 5.59. The standard InChI is InChI=1S/C17H28ClNO2/c1-13(2)15-12-16(18)14(3)11-17(15)21-9-6-5-7-19-8-10-20-4/h11-13,19H,5-10H2,1-4H3. The van der Waals surface area contributed by atoms with E-state index in [2.05, 4.69) is 25.2 Å². The highest BCUT2D eigenvalue weighted by Crippen LogP contribution is 2.32. The first kappa shape index (κ1) is 18.3. The molecule has 21 heavy (non-hydrogen) atoms. The van der Waals surface area contributed by atoms with E-state index in [1.54, 1.807) is 7.11 Å². The van der Waals surface area contributed by atoms with Gasteiger partial charge in [0.15, 0.2) is 0 Å². The van der Waals surface area contributed by atoms with Crippen LogP contribution in [0.4, 0.5) is 0 Å². The Balaban J connectivity index is 2.36. The molecule has 0 amide bonds. The second kappa shape index (κ2) is 10.0. The Morgan fingerprint density at radius 2 is 1.90 bits per heavy atom. The van der Waals surface area contributed by atoms with Gasteiger partial charge in [-0.1, -0.05) is 25.4 Å². The predicted octanol–water partition coefficient (Wildman–Crippen LogP) is 4.17. The number of ether oxygens (including phenoxy) is 2. The summed E-state index contributed by atoms with van der Waals surface area (Å²) in [5.41, 5.74) is 2.25. The molecule has 0 bridgehead atoms. The molecule has 1 rings (SSSR count). The number of nitrogens with one attached hydrogen (secondary N) is 1. The smallest absolute Gasteiger partial charge is 0.123 e. The molecule has 3 nitrogen and oxygen atoms in total. The van der Waals surface area contributed by atoms with Gasteiger partial charge in [0.2, 0.25) is 0 Å². The molecule has 120 valence electrons. The molecule has 0 saturated heterocycles. The molecular formula is C17H28ClNO2. The number of unbranched alkanes of at least 4 members (excludes halogenated alkanes) is 1. The minimum atomic E-state index is 0.411. The lowest BCUT2D eigenvalue weighted by Gasteiger charge is -2.16. The van der Waals surface area contributed by atoms with Gasteiger partial charge in [-0.3, -0.25) is 0 Å². The van der Waals surface area contributed by atoms with Crippen LogP contribution in [0.15, 0.2) is 12.1 Å². The molecule has 1 aromatic carbocycles. The molecule has 0 aliphatic heterocycles. The zero-order valence-electron chi connectivity index (χ0n) is 13.7. The van der Waals surface area contributed by atoms with E-state index in [-0.39, 0.29) is 0 Å². The highest BCUT2D eigenvalue weighted by atomic mass is 35.5. The molecule has 0 radical (unpaired) electrons. The van der Waals surface area contributed by atoms with Crippen LogP contribution in [0.25, 0.3) is 0 Å². The van der Waals surface area contributed by atoms with E-state index in [9.17, 15) is 0 Å². The van der Waals surface area contributed by atoms with Gasteiger partial charge in [-0.25, -0.2) is 0 Å². The number of rotatable bonds is 10. The average Bonchev–Trinajstić information content (AvgIpc) is 2.44. The molecule has 0 atom stereocenters. The number of methoxy groups -OCH3 is 1. The lowest BCUT2D eigenvalue weighted by molar-refractivity contribution is 0.199. The summed E-state index contributed by atoms with van der Waals surface area (Å²) in [5.74, 6) is 1.38. The van der Waals surface area contributed by atoms with Crippen molar-refractivity contribution in [1.29, 1.82) is 0 Å². The highest BCUT2D eigenvalue weighted by Gasteiger charge is 2.10. The van der Waals surface area contributed by atoms with Gasteiger partial charge in [-0.05, 0) is 55.5 Å². The average molecular weight is 314 g/mol. The van der Waals surface area contributed by atoms with E-state index in [4.69, 9.17) is 21.1 Å². The molecule has 0 aliphatic carbocycles. The third kappa shape index (κ3) is 6.68. The van der Waals surface area contributed by atoms with E-state index in [0.29, 0.717) is 5.92 Å². The van der Waals surface area contributed by atoms with Crippen molar-refractivity contribution >= 4 is 11.6 Å². The van der Waals surface area contributed by atoms with Crippen LogP contribution in [-0.4, -0.2) is 33.4 Å². The maximum Gasteiger partial charge on any atom is 0.123 e. The SMILES string of the molecule is COCCNCCCCOc1cc(C)c(Cl)cc1C(C)C. The van der Waals surface area contributed by atoms with Gasteiger partial charge in [0.05, 0.1) is 13.2 Å². The topological polar surface area (TPSA) is 30.5 Å². The van der Waals surface area contributed by atoms with Crippen LogP contribution in [0.2, 0.25) is 5.02 Å². The Morgan fingerprint density at radius 1 is 1.14 bits per heavy atom. The van der Waals surface area contributed by atoms with Crippen molar-refractivity contribution in [3.8, 4) is 5.75 Å². The van der Waals surface area contributed by atoms with Gasteiger partial charge < -0.3 is 14.8 Å². The molecule has 0 unspecified atom stereocenters. The van der Waals surface area contributed by atoms with Gasteiger partial charge in [0.25, 0.3) is 0 Å². The molecule has 1 aromatic rings. The molecular weight excluding hydrogens is 286 g/mol. The fourth-order valence-corrected chi connectivity index (χ4v) is 2.25. The summed E-state index contributed by atoms with van der Waals surface area (Å²) in [7, 11) is 1.72. The van der Waals surface area contributed by atoms with Crippen molar-refractivity contribution in [1.82, 2.24) is 5.32 Å². The largest absolute Gasteiger partial charge is 0.493 e. The van der Waals surface area contributed by atoms with Crippen molar-refractivity contribution < 1.29 is 9.47 Å². The molecule has 0 heterocycles. The summed E-state index contributed by atoms with van der Waals surface area (Å²) in [6, 6.07) is 4.08. The summed E-state index contributed by atoms with van der Waals surface area (Å²) < 4.78 is 10.9. The minimum absolute atomic E-state index is 0.411. The first-order valence-electron chi connectivity index (χ1n) is 7.68. The van der Waals surface area contributed by atoms with Gasteiger partial charge in [0.1, 0.15) is 5.75 Å². The van der Waals surface area contributed by atoms with Crippen LogP contribution in [0.1, 0.15) is 43.7 Å². The summed E-state index contributed by atoms with van der Waals surface area (Å²) in [4.78, 5) is 0. The monoisotopic (exact) mass is 313 g/mol. The molecule has 0 aromatic heterocycles. The van der Waals surface area contributed by atoms with Gasteiger partial charge in [0, 0.05) is 18.7 Å². The summed E-state index contributed by atoms with van der Waals surface area (Å²) >= 11 is 6.20. The van der Waals surface area contributed by atoms with Crippen molar-refractivity contribution in [2.45, 2.75) is 39.5 Å². The highest BCUT2D eigenvalue weighted by molar-refractivity contribution is 6.31. The third-order valence-electron chi connectivity index (χ3n) is 3.40. The summed E-state index contributed by atoms with van der Waals surface area (Å²) in [6.07, 6.45) is 2.15. The zero-order valence-corrected chi connectivity index (χ0v) is 14.4. The van der Waals surface area contributed by atoms with Gasteiger partial charge in [-0.15, -0.1) is 0 Å². The van der Waals surface area contributed by atoms with E-state index < -0.39 is 0 Å². The Bertz CT molecular complexity index is 421. The van der Waals surface area contributed by atoms with Crippen LogP contribution < -0.4 is 10.1 Å². The third-order valence-corrected chi connectivity index (χ3v) is 3.81. The first-order valence-corrected chi connectivity index (χ1v) is 8.06. The van der Waals surface area contributed by atoms with Crippen molar-refractivity contribution in [3.63, 3.8) is 0 Å². The lowest BCUT2D eigenvalue weighted by Crippen LogP contribution is -2.20. The van der Waals surface area contributed by atoms with Gasteiger partial charge in [-0.2, -0.15) is 0 Å². The van der Waals surface area contributed by atoms with Gasteiger partial charge >= 0.3 is 0 Å². The molecule has 0 fully saturated rings. The normalized spacial score (nSPS) is 11.1. The summed E-state index contributed by atoms with van der Waals surface area (Å²) in [5, 5.41) is 4.15. The molecule has 0 spiro atoms. The Morgan fingerprint density at radius 3 is 2.57 bits per heavy atom. The van der Waals surface area contributed by atoms with Crippen LogP contribution in [0, 0.1) is 6.92 Å². The fraction of sp³-hybridized carbons (Fsp3) is 0.647. The maximum atomic E-state index is 6.20. The Hall–Kier alpha value is -0.770. The van der Waals surface area contributed by atoms with E-state index in [0.717, 1.165) is 55.5 Å². The van der Waals surface area contributed by atoms with E-state index in [1.165, 1.54) is 5.56 Å².